The molecular weight excluding hydrogens is 238 g/mol. The van der Waals surface area contributed by atoms with Gasteiger partial charge in [0.1, 0.15) is 5.82 Å². The highest BCUT2D eigenvalue weighted by molar-refractivity contribution is 4.97. The molecule has 19 heavy (non-hydrogen) atoms. The summed E-state index contributed by atoms with van der Waals surface area (Å²) in [4.78, 5) is 10.0. The third-order valence-corrected chi connectivity index (χ3v) is 4.93. The Kier molecular flexibility index (Phi) is 3.60. The molecule has 3 rings (SSSR count). The van der Waals surface area contributed by atoms with Gasteiger partial charge in [0, 0.05) is 25.0 Å². The summed E-state index contributed by atoms with van der Waals surface area (Å²) in [6, 6.07) is 0.610. The van der Waals surface area contributed by atoms with Crippen molar-refractivity contribution in [3.05, 3.63) is 18.2 Å². The molecule has 2 aliphatic rings. The Morgan fingerprint density at radius 1 is 1.42 bits per heavy atom. The molecule has 5 heteroatoms. The zero-order valence-electron chi connectivity index (χ0n) is 11.9. The quantitative estimate of drug-likeness (QED) is 0.765. The van der Waals surface area contributed by atoms with Crippen LogP contribution in [0, 0.1) is 11.3 Å². The standard InChI is InChI=1S/C14H25N5/c1-11-9-17-18-13(11)14(2)3-7-19(8-4-14)10-12-15-5-6-16-12/h5-6,11,13,17-18H,3-4,7-10H2,1-2H3,(H,15,16). The van der Waals surface area contributed by atoms with E-state index in [0.29, 0.717) is 11.5 Å². The van der Waals surface area contributed by atoms with Crippen molar-refractivity contribution in [3.63, 3.8) is 0 Å². The topological polar surface area (TPSA) is 56.0 Å². The van der Waals surface area contributed by atoms with Gasteiger partial charge in [-0.25, -0.2) is 4.98 Å². The van der Waals surface area contributed by atoms with E-state index in [9.17, 15) is 0 Å². The van der Waals surface area contributed by atoms with Crippen molar-refractivity contribution in [3.8, 4) is 0 Å². The number of imidazole rings is 1. The first kappa shape index (κ1) is 13.1. The van der Waals surface area contributed by atoms with Crippen molar-refractivity contribution in [2.45, 2.75) is 39.3 Å². The van der Waals surface area contributed by atoms with E-state index in [1.807, 2.05) is 12.4 Å². The van der Waals surface area contributed by atoms with Crippen LogP contribution in [0.15, 0.2) is 12.4 Å². The highest BCUT2D eigenvalue weighted by Crippen LogP contribution is 2.38. The number of nitrogens with one attached hydrogen (secondary N) is 3. The van der Waals surface area contributed by atoms with Gasteiger partial charge in [0.05, 0.1) is 6.54 Å². The Labute approximate surface area is 115 Å². The van der Waals surface area contributed by atoms with Crippen LogP contribution in [0.3, 0.4) is 0 Å². The van der Waals surface area contributed by atoms with Gasteiger partial charge in [0.2, 0.25) is 0 Å². The van der Waals surface area contributed by atoms with Gasteiger partial charge in [-0.15, -0.1) is 0 Å². The molecule has 5 nitrogen and oxygen atoms in total. The maximum absolute atomic E-state index is 4.32. The first-order valence-corrected chi connectivity index (χ1v) is 7.36. The fourth-order valence-electron chi connectivity index (χ4n) is 3.58. The van der Waals surface area contributed by atoms with Gasteiger partial charge in [0.25, 0.3) is 0 Å². The van der Waals surface area contributed by atoms with E-state index in [2.05, 4.69) is 39.6 Å². The lowest BCUT2D eigenvalue weighted by atomic mass is 9.71. The minimum atomic E-state index is 0.419. The third-order valence-electron chi connectivity index (χ3n) is 4.93. The van der Waals surface area contributed by atoms with Gasteiger partial charge in [-0.1, -0.05) is 13.8 Å². The van der Waals surface area contributed by atoms with E-state index in [4.69, 9.17) is 0 Å². The van der Waals surface area contributed by atoms with E-state index in [1.54, 1.807) is 0 Å². The average Bonchev–Trinajstić information content (AvgIpc) is 3.04. The second kappa shape index (κ2) is 5.23. The second-order valence-corrected chi connectivity index (χ2v) is 6.45. The number of aromatic nitrogens is 2. The Hall–Kier alpha value is -0.910. The van der Waals surface area contributed by atoms with Crippen LogP contribution in [-0.4, -0.2) is 40.5 Å². The van der Waals surface area contributed by atoms with E-state index in [1.165, 1.54) is 25.9 Å². The molecule has 3 heterocycles. The van der Waals surface area contributed by atoms with Crippen LogP contribution in [0.1, 0.15) is 32.5 Å². The van der Waals surface area contributed by atoms with Gasteiger partial charge < -0.3 is 4.98 Å². The molecule has 2 fully saturated rings. The summed E-state index contributed by atoms with van der Waals surface area (Å²) in [5.74, 6) is 1.80. The number of hydrogen-bond donors (Lipinski definition) is 3. The summed E-state index contributed by atoms with van der Waals surface area (Å²) in [7, 11) is 0. The Morgan fingerprint density at radius 3 is 2.79 bits per heavy atom. The number of H-pyrrole nitrogens is 1. The molecule has 1 aromatic heterocycles. The van der Waals surface area contributed by atoms with Crippen LogP contribution < -0.4 is 10.9 Å². The highest BCUT2D eigenvalue weighted by Gasteiger charge is 2.42. The molecule has 1 aromatic rings. The minimum absolute atomic E-state index is 0.419. The number of rotatable bonds is 3. The lowest BCUT2D eigenvalue weighted by molar-refractivity contribution is 0.0693. The maximum atomic E-state index is 4.32. The highest BCUT2D eigenvalue weighted by atomic mass is 15.4. The van der Waals surface area contributed by atoms with Gasteiger partial charge in [0.15, 0.2) is 0 Å². The maximum Gasteiger partial charge on any atom is 0.120 e. The van der Waals surface area contributed by atoms with Crippen LogP contribution in [0.5, 0.6) is 0 Å². The largest absolute Gasteiger partial charge is 0.348 e. The van der Waals surface area contributed by atoms with Crippen molar-refractivity contribution in [2.24, 2.45) is 11.3 Å². The monoisotopic (exact) mass is 263 g/mol. The fourth-order valence-corrected chi connectivity index (χ4v) is 3.58. The first-order chi connectivity index (χ1) is 9.17. The molecule has 0 aliphatic carbocycles. The number of likely N-dealkylation sites (tertiary alicyclic amines) is 1. The molecule has 0 radical (unpaired) electrons. The summed E-state index contributed by atoms with van der Waals surface area (Å²) in [5, 5.41) is 0. The molecule has 2 unspecified atom stereocenters. The minimum Gasteiger partial charge on any atom is -0.348 e. The number of piperidine rings is 1. The van der Waals surface area contributed by atoms with Crippen molar-refractivity contribution in [2.75, 3.05) is 19.6 Å². The summed E-state index contributed by atoms with van der Waals surface area (Å²) in [5.41, 5.74) is 7.22. The zero-order valence-corrected chi connectivity index (χ0v) is 11.9. The Balaban J connectivity index is 1.56. The molecule has 0 aromatic carbocycles. The Morgan fingerprint density at radius 2 is 2.21 bits per heavy atom. The number of hydrogen-bond acceptors (Lipinski definition) is 4. The van der Waals surface area contributed by atoms with E-state index in [0.717, 1.165) is 24.8 Å². The van der Waals surface area contributed by atoms with Crippen molar-refractivity contribution in [1.29, 1.82) is 0 Å². The van der Waals surface area contributed by atoms with Crippen LogP contribution >= 0.6 is 0 Å². The lowest BCUT2D eigenvalue weighted by Gasteiger charge is -2.44. The van der Waals surface area contributed by atoms with Crippen LogP contribution in [-0.2, 0) is 6.54 Å². The average molecular weight is 263 g/mol. The van der Waals surface area contributed by atoms with Crippen LogP contribution in [0.4, 0.5) is 0 Å². The summed E-state index contributed by atoms with van der Waals surface area (Å²) < 4.78 is 0. The van der Waals surface area contributed by atoms with Crippen molar-refractivity contribution >= 4 is 0 Å². The van der Waals surface area contributed by atoms with Crippen LogP contribution in [0.25, 0.3) is 0 Å². The number of aromatic amines is 1. The molecular formula is C14H25N5. The molecule has 0 spiro atoms. The summed E-state index contributed by atoms with van der Waals surface area (Å²) in [6.07, 6.45) is 6.26. The van der Waals surface area contributed by atoms with Crippen molar-refractivity contribution < 1.29 is 0 Å². The molecule has 0 amide bonds. The first-order valence-electron chi connectivity index (χ1n) is 7.36. The van der Waals surface area contributed by atoms with E-state index >= 15 is 0 Å². The van der Waals surface area contributed by atoms with Crippen LogP contribution in [0.2, 0.25) is 0 Å². The van der Waals surface area contributed by atoms with Gasteiger partial charge >= 0.3 is 0 Å². The van der Waals surface area contributed by atoms with Crippen molar-refractivity contribution in [1.82, 2.24) is 25.7 Å². The summed E-state index contributed by atoms with van der Waals surface area (Å²) >= 11 is 0. The molecule has 2 atom stereocenters. The van der Waals surface area contributed by atoms with Gasteiger partial charge in [-0.3, -0.25) is 15.8 Å². The molecule has 3 N–H and O–H groups in total. The lowest BCUT2D eigenvalue weighted by Crippen LogP contribution is -2.50. The smallest absolute Gasteiger partial charge is 0.120 e. The van der Waals surface area contributed by atoms with Gasteiger partial charge in [-0.2, -0.15) is 0 Å². The predicted octanol–water partition coefficient (Wildman–Crippen LogP) is 1.12. The van der Waals surface area contributed by atoms with E-state index < -0.39 is 0 Å². The second-order valence-electron chi connectivity index (χ2n) is 6.45. The predicted molar refractivity (Wildman–Crippen MR) is 75.3 cm³/mol. The van der Waals surface area contributed by atoms with E-state index in [-0.39, 0.29) is 0 Å². The fraction of sp³-hybridized carbons (Fsp3) is 0.786. The molecule has 2 saturated heterocycles. The number of nitrogens with zero attached hydrogens (tertiary/aromatic N) is 2. The molecule has 106 valence electrons. The molecule has 2 aliphatic heterocycles. The summed E-state index contributed by atoms with van der Waals surface area (Å²) in [6.45, 7) is 9.17. The SMILES string of the molecule is CC1CNNC1C1(C)CCN(Cc2ncc[nH]2)CC1. The third kappa shape index (κ3) is 2.68. The molecule has 0 saturated carbocycles. The number of hydrazine groups is 1. The Bertz CT molecular complexity index is 394. The molecule has 0 bridgehead atoms. The zero-order chi connectivity index (χ0) is 13.3. The normalized spacial score (nSPS) is 31.7. The van der Waals surface area contributed by atoms with Gasteiger partial charge in [-0.05, 0) is 37.3 Å².